The molecule has 0 aliphatic rings. The van der Waals surface area contributed by atoms with Crippen molar-refractivity contribution in [3.05, 3.63) is 39.9 Å². The summed E-state index contributed by atoms with van der Waals surface area (Å²) < 4.78 is 9.76. The number of carboxylic acids is 1. The molecular formula is C14H17NO7. The zero-order chi connectivity index (χ0) is 16.7. The minimum atomic E-state index is -1.66. The highest BCUT2D eigenvalue weighted by molar-refractivity contribution is 5.95. The highest BCUT2D eigenvalue weighted by atomic mass is 16.6. The Kier molecular flexibility index (Phi) is 6.30. The zero-order valence-corrected chi connectivity index (χ0v) is 12.2. The lowest BCUT2D eigenvalue weighted by Gasteiger charge is -2.20. The second kappa shape index (κ2) is 7.96. The summed E-state index contributed by atoms with van der Waals surface area (Å²) in [6.45, 7) is 0.819. The molecule has 120 valence electrons. The van der Waals surface area contributed by atoms with Crippen molar-refractivity contribution in [2.45, 2.75) is 12.8 Å². The van der Waals surface area contributed by atoms with E-state index >= 15 is 0 Å². The first-order valence-corrected chi connectivity index (χ1v) is 6.55. The number of carboxylic acid groups (broad SMARTS) is 1. The number of nitro groups is 1. The lowest BCUT2D eigenvalue weighted by atomic mass is 9.85. The van der Waals surface area contributed by atoms with Gasteiger partial charge in [0.15, 0.2) is 5.92 Å². The Balaban J connectivity index is 3.26. The lowest BCUT2D eigenvalue weighted by Crippen LogP contribution is -2.35. The largest absolute Gasteiger partial charge is 0.497 e. The average molecular weight is 311 g/mol. The van der Waals surface area contributed by atoms with Gasteiger partial charge in [0.2, 0.25) is 6.54 Å². The van der Waals surface area contributed by atoms with Crippen molar-refractivity contribution in [1.29, 1.82) is 0 Å². The van der Waals surface area contributed by atoms with Gasteiger partial charge in [-0.15, -0.1) is 0 Å². The van der Waals surface area contributed by atoms with E-state index in [1.54, 1.807) is 12.1 Å². The van der Waals surface area contributed by atoms with E-state index in [-0.39, 0.29) is 6.61 Å². The van der Waals surface area contributed by atoms with E-state index < -0.39 is 35.2 Å². The summed E-state index contributed by atoms with van der Waals surface area (Å²) in [6.07, 6.45) is 0. The van der Waals surface area contributed by atoms with Gasteiger partial charge in [0.05, 0.1) is 19.6 Å². The van der Waals surface area contributed by atoms with Crippen molar-refractivity contribution in [3.63, 3.8) is 0 Å². The van der Waals surface area contributed by atoms with Crippen LogP contribution in [0.5, 0.6) is 5.75 Å². The number of esters is 1. The molecule has 8 heteroatoms. The predicted octanol–water partition coefficient (Wildman–Crippen LogP) is 1.32. The summed E-state index contributed by atoms with van der Waals surface area (Å²) in [7, 11) is 1.42. The van der Waals surface area contributed by atoms with Gasteiger partial charge in [-0.2, -0.15) is 0 Å². The maximum atomic E-state index is 11.9. The van der Waals surface area contributed by atoms with Gasteiger partial charge in [0.25, 0.3) is 0 Å². The molecule has 1 aromatic rings. The summed E-state index contributed by atoms with van der Waals surface area (Å²) in [5.41, 5.74) is 0.330. The Labute approximate surface area is 126 Å². The summed E-state index contributed by atoms with van der Waals surface area (Å²) >= 11 is 0. The number of carbonyl (C=O) groups is 2. The summed E-state index contributed by atoms with van der Waals surface area (Å²) in [5.74, 6) is -4.85. The fourth-order valence-corrected chi connectivity index (χ4v) is 2.11. The SMILES string of the molecule is CCOC(=O)C(C(=O)O)C(C[N+](=O)[O-])c1cccc(OC)c1. The number of aliphatic carboxylic acids is 1. The Morgan fingerprint density at radius 3 is 2.59 bits per heavy atom. The monoisotopic (exact) mass is 311 g/mol. The third-order valence-corrected chi connectivity index (χ3v) is 3.08. The highest BCUT2D eigenvalue weighted by Gasteiger charge is 2.40. The van der Waals surface area contributed by atoms with E-state index in [0.29, 0.717) is 11.3 Å². The predicted molar refractivity (Wildman–Crippen MR) is 75.4 cm³/mol. The molecule has 0 aliphatic heterocycles. The standard InChI is InChI=1S/C14H17NO7/c1-3-22-14(18)12(13(16)17)11(8-15(19)20)9-5-4-6-10(7-9)21-2/h4-7,11-12H,3,8H2,1-2H3,(H,16,17). The fraction of sp³-hybridized carbons (Fsp3) is 0.429. The highest BCUT2D eigenvalue weighted by Crippen LogP contribution is 2.29. The molecule has 0 spiro atoms. The Bertz CT molecular complexity index is 558. The topological polar surface area (TPSA) is 116 Å². The van der Waals surface area contributed by atoms with Gasteiger partial charge >= 0.3 is 11.9 Å². The quantitative estimate of drug-likeness (QED) is 0.333. The summed E-state index contributed by atoms with van der Waals surface area (Å²) in [5, 5.41) is 20.2. The molecule has 0 radical (unpaired) electrons. The zero-order valence-electron chi connectivity index (χ0n) is 12.2. The first kappa shape index (κ1) is 17.4. The van der Waals surface area contributed by atoms with E-state index in [2.05, 4.69) is 0 Å². The second-order valence-corrected chi connectivity index (χ2v) is 4.47. The van der Waals surface area contributed by atoms with E-state index in [0.717, 1.165) is 0 Å². The van der Waals surface area contributed by atoms with Crippen LogP contribution in [-0.2, 0) is 14.3 Å². The minimum absolute atomic E-state index is 0.00803. The normalized spacial score (nSPS) is 13.0. The molecule has 0 saturated carbocycles. The Morgan fingerprint density at radius 2 is 2.09 bits per heavy atom. The van der Waals surface area contributed by atoms with Crippen LogP contribution in [0, 0.1) is 16.0 Å². The molecule has 0 heterocycles. The molecule has 8 nitrogen and oxygen atoms in total. The van der Waals surface area contributed by atoms with E-state index in [4.69, 9.17) is 9.47 Å². The van der Waals surface area contributed by atoms with Gasteiger partial charge in [-0.3, -0.25) is 19.7 Å². The molecule has 1 rings (SSSR count). The van der Waals surface area contributed by atoms with E-state index in [1.807, 2.05) is 0 Å². The van der Waals surface area contributed by atoms with Crippen molar-refractivity contribution in [2.75, 3.05) is 20.3 Å². The molecule has 0 saturated heterocycles. The molecular weight excluding hydrogens is 294 g/mol. The number of benzene rings is 1. The van der Waals surface area contributed by atoms with Crippen molar-refractivity contribution in [2.24, 2.45) is 5.92 Å². The molecule has 22 heavy (non-hydrogen) atoms. The van der Waals surface area contributed by atoms with Crippen LogP contribution >= 0.6 is 0 Å². The Morgan fingerprint density at radius 1 is 1.41 bits per heavy atom. The van der Waals surface area contributed by atoms with Gasteiger partial charge in [-0.05, 0) is 24.6 Å². The third kappa shape index (κ3) is 4.44. The van der Waals surface area contributed by atoms with Crippen molar-refractivity contribution in [3.8, 4) is 5.75 Å². The molecule has 2 unspecified atom stereocenters. The number of carbonyl (C=O) groups excluding carboxylic acids is 1. The van der Waals surface area contributed by atoms with E-state index in [9.17, 15) is 24.8 Å². The van der Waals surface area contributed by atoms with Crippen LogP contribution in [0.2, 0.25) is 0 Å². The minimum Gasteiger partial charge on any atom is -0.497 e. The summed E-state index contributed by atoms with van der Waals surface area (Å²) in [4.78, 5) is 33.5. The molecule has 0 fully saturated rings. The van der Waals surface area contributed by atoms with Crippen molar-refractivity contribution >= 4 is 11.9 Å². The lowest BCUT2D eigenvalue weighted by molar-refractivity contribution is -0.484. The van der Waals surface area contributed by atoms with Crippen LogP contribution in [0.15, 0.2) is 24.3 Å². The molecule has 0 aliphatic carbocycles. The van der Waals surface area contributed by atoms with Crippen LogP contribution in [-0.4, -0.2) is 42.2 Å². The van der Waals surface area contributed by atoms with Crippen LogP contribution in [0.1, 0.15) is 18.4 Å². The van der Waals surface area contributed by atoms with Gasteiger partial charge in [-0.1, -0.05) is 12.1 Å². The van der Waals surface area contributed by atoms with Crippen molar-refractivity contribution in [1.82, 2.24) is 0 Å². The number of nitrogens with zero attached hydrogens (tertiary/aromatic N) is 1. The molecule has 0 bridgehead atoms. The smallest absolute Gasteiger partial charge is 0.321 e. The number of ether oxygens (including phenoxy) is 2. The molecule has 0 amide bonds. The third-order valence-electron chi connectivity index (χ3n) is 3.08. The maximum absolute atomic E-state index is 11.9. The van der Waals surface area contributed by atoms with Crippen LogP contribution < -0.4 is 4.74 Å². The number of hydrogen-bond acceptors (Lipinski definition) is 6. The van der Waals surface area contributed by atoms with Gasteiger partial charge in [-0.25, -0.2) is 0 Å². The van der Waals surface area contributed by atoms with Crippen LogP contribution in [0.4, 0.5) is 0 Å². The second-order valence-electron chi connectivity index (χ2n) is 4.47. The van der Waals surface area contributed by atoms with Crippen molar-refractivity contribution < 1.29 is 29.1 Å². The molecule has 1 aromatic carbocycles. The number of rotatable bonds is 8. The molecule has 0 aromatic heterocycles. The number of hydrogen-bond donors (Lipinski definition) is 1. The molecule has 2 atom stereocenters. The van der Waals surface area contributed by atoms with Gasteiger partial charge in [0.1, 0.15) is 5.75 Å². The number of methoxy groups -OCH3 is 1. The van der Waals surface area contributed by atoms with Crippen LogP contribution in [0.25, 0.3) is 0 Å². The fourth-order valence-electron chi connectivity index (χ4n) is 2.11. The first-order valence-electron chi connectivity index (χ1n) is 6.55. The first-order chi connectivity index (χ1) is 10.4. The van der Waals surface area contributed by atoms with Crippen LogP contribution in [0.3, 0.4) is 0 Å². The average Bonchev–Trinajstić information content (AvgIpc) is 2.46. The molecule has 1 N–H and O–H groups in total. The van der Waals surface area contributed by atoms with Gasteiger partial charge < -0.3 is 14.6 Å². The van der Waals surface area contributed by atoms with Gasteiger partial charge in [0, 0.05) is 4.92 Å². The maximum Gasteiger partial charge on any atom is 0.321 e. The van der Waals surface area contributed by atoms with E-state index in [1.165, 1.54) is 26.2 Å². The summed E-state index contributed by atoms with van der Waals surface area (Å²) in [6, 6.07) is 6.19. The Hall–Kier alpha value is -2.64.